The lowest BCUT2D eigenvalue weighted by Crippen LogP contribution is -2.20. The molecule has 7 heteroatoms. The van der Waals surface area contributed by atoms with E-state index < -0.39 is 0 Å². The first kappa shape index (κ1) is 21.0. The van der Waals surface area contributed by atoms with Crippen molar-refractivity contribution in [3.8, 4) is 17.1 Å². The average molecular weight is 414 g/mol. The Balaban J connectivity index is 2.05. The van der Waals surface area contributed by atoms with Crippen LogP contribution in [-0.2, 0) is 9.53 Å². The summed E-state index contributed by atoms with van der Waals surface area (Å²) in [5, 5.41) is 8.93. The third-order valence-electron chi connectivity index (χ3n) is 4.38. The number of thioether (sulfide) groups is 1. The van der Waals surface area contributed by atoms with Crippen LogP contribution < -0.4 is 0 Å². The lowest BCUT2D eigenvalue weighted by molar-refractivity contribution is -0.142. The fourth-order valence-electron chi connectivity index (χ4n) is 2.91. The van der Waals surface area contributed by atoms with Gasteiger partial charge in [0.25, 0.3) is 0 Å². The van der Waals surface area contributed by atoms with Gasteiger partial charge in [-0.2, -0.15) is 0 Å². The minimum atomic E-state index is -0.366. The van der Waals surface area contributed by atoms with Gasteiger partial charge in [0, 0.05) is 11.3 Å². The van der Waals surface area contributed by atoms with Crippen LogP contribution in [0.15, 0.2) is 53.7 Å². The fraction of sp³-hybridized carbons (Fsp3) is 0.318. The number of aryl methyl sites for hydroxylation is 1. The number of halogens is 1. The zero-order valence-corrected chi connectivity index (χ0v) is 17.6. The van der Waals surface area contributed by atoms with E-state index in [0.29, 0.717) is 24.0 Å². The Morgan fingerprint density at radius 2 is 1.79 bits per heavy atom. The minimum Gasteiger partial charge on any atom is -0.465 e. The van der Waals surface area contributed by atoms with E-state index in [1.165, 1.54) is 23.9 Å². The number of esters is 1. The molecule has 0 radical (unpaired) electrons. The predicted molar refractivity (Wildman–Crippen MR) is 113 cm³/mol. The maximum Gasteiger partial charge on any atom is 0.319 e. The molecule has 1 aromatic heterocycles. The van der Waals surface area contributed by atoms with Crippen LogP contribution in [0, 0.1) is 12.7 Å². The zero-order valence-electron chi connectivity index (χ0n) is 16.8. The molecule has 29 heavy (non-hydrogen) atoms. The maximum atomic E-state index is 13.4. The van der Waals surface area contributed by atoms with Gasteiger partial charge in [-0.15, -0.1) is 10.2 Å². The molecule has 0 fully saturated rings. The summed E-state index contributed by atoms with van der Waals surface area (Å²) in [4.78, 5) is 12.4. The molecule has 2 aromatic carbocycles. The molecule has 0 aliphatic carbocycles. The summed E-state index contributed by atoms with van der Waals surface area (Å²) in [6.07, 6.45) is 1.52. The molecule has 5 nitrogen and oxygen atoms in total. The predicted octanol–water partition coefficient (Wildman–Crippen LogP) is 5.21. The van der Waals surface area contributed by atoms with Gasteiger partial charge < -0.3 is 4.74 Å². The number of carbonyl (C=O) groups excluding carboxylic acids is 1. The molecule has 0 saturated heterocycles. The number of hydrogen-bond donors (Lipinski definition) is 0. The van der Waals surface area contributed by atoms with Crippen molar-refractivity contribution in [3.63, 3.8) is 0 Å². The first-order valence-electron chi connectivity index (χ1n) is 9.65. The normalized spacial score (nSPS) is 12.0. The van der Waals surface area contributed by atoms with E-state index >= 15 is 0 Å². The first-order chi connectivity index (χ1) is 14.0. The molecule has 0 bridgehead atoms. The summed E-state index contributed by atoms with van der Waals surface area (Å²) in [6, 6.07) is 14.1. The van der Waals surface area contributed by atoms with E-state index in [1.807, 2.05) is 42.7 Å². The SMILES string of the molecule is CCCC(Sc1nnc(-c2ccc(F)cc2)n1-c1ccc(C)cc1)C(=O)OCC. The quantitative estimate of drug-likeness (QED) is 0.375. The Morgan fingerprint density at radius 1 is 1.10 bits per heavy atom. The van der Waals surface area contributed by atoms with Gasteiger partial charge in [0.05, 0.1) is 6.61 Å². The zero-order chi connectivity index (χ0) is 20.8. The van der Waals surface area contributed by atoms with Gasteiger partial charge in [0.2, 0.25) is 0 Å². The van der Waals surface area contributed by atoms with Crippen LogP contribution in [0.1, 0.15) is 32.3 Å². The van der Waals surface area contributed by atoms with E-state index in [2.05, 4.69) is 10.2 Å². The highest BCUT2D eigenvalue weighted by atomic mass is 32.2. The van der Waals surface area contributed by atoms with Crippen LogP contribution in [0.25, 0.3) is 17.1 Å². The van der Waals surface area contributed by atoms with E-state index in [1.54, 1.807) is 19.1 Å². The highest BCUT2D eigenvalue weighted by Crippen LogP contribution is 2.32. The van der Waals surface area contributed by atoms with Gasteiger partial charge in [-0.3, -0.25) is 9.36 Å². The Kier molecular flexibility index (Phi) is 7.04. The van der Waals surface area contributed by atoms with Crippen molar-refractivity contribution >= 4 is 17.7 Å². The van der Waals surface area contributed by atoms with Gasteiger partial charge in [0.1, 0.15) is 11.1 Å². The van der Waals surface area contributed by atoms with Crippen molar-refractivity contribution in [2.75, 3.05) is 6.61 Å². The number of ether oxygens (including phenoxy) is 1. The van der Waals surface area contributed by atoms with Crippen LogP contribution in [0.3, 0.4) is 0 Å². The highest BCUT2D eigenvalue weighted by molar-refractivity contribution is 8.00. The Labute approximate surface area is 174 Å². The van der Waals surface area contributed by atoms with Crippen molar-refractivity contribution in [1.82, 2.24) is 14.8 Å². The molecule has 1 heterocycles. The van der Waals surface area contributed by atoms with Crippen LogP contribution in [0.2, 0.25) is 0 Å². The molecule has 0 aliphatic heterocycles. The summed E-state index contributed by atoms with van der Waals surface area (Å²) in [5.41, 5.74) is 2.76. The smallest absolute Gasteiger partial charge is 0.319 e. The monoisotopic (exact) mass is 413 g/mol. The summed E-state index contributed by atoms with van der Waals surface area (Å²) >= 11 is 1.35. The molecule has 1 atom stereocenters. The number of rotatable bonds is 8. The Morgan fingerprint density at radius 3 is 2.41 bits per heavy atom. The number of nitrogens with zero attached hydrogens (tertiary/aromatic N) is 3. The van der Waals surface area contributed by atoms with Gasteiger partial charge in [-0.25, -0.2) is 4.39 Å². The Hall–Kier alpha value is -2.67. The van der Waals surface area contributed by atoms with E-state index in [9.17, 15) is 9.18 Å². The summed E-state index contributed by atoms with van der Waals surface area (Å²) in [5.74, 6) is 0.0340. The second-order valence-electron chi connectivity index (χ2n) is 6.63. The molecular formula is C22H24FN3O2S. The molecular weight excluding hydrogens is 389 g/mol. The van der Waals surface area contributed by atoms with Crippen molar-refractivity contribution in [3.05, 3.63) is 59.9 Å². The van der Waals surface area contributed by atoms with E-state index in [-0.39, 0.29) is 17.0 Å². The summed E-state index contributed by atoms with van der Waals surface area (Å²) in [7, 11) is 0. The Bertz CT molecular complexity index is 955. The second kappa shape index (κ2) is 9.69. The summed E-state index contributed by atoms with van der Waals surface area (Å²) in [6.45, 7) is 6.18. The molecule has 0 aliphatic rings. The standard InChI is InChI=1S/C22H24FN3O2S/c1-4-6-19(21(27)28-5-2)29-22-25-24-20(16-9-11-17(23)12-10-16)26(22)18-13-7-15(3)8-14-18/h7-14,19H,4-6H2,1-3H3. The largest absolute Gasteiger partial charge is 0.465 e. The van der Waals surface area contributed by atoms with Crippen LogP contribution in [0.5, 0.6) is 0 Å². The van der Waals surface area contributed by atoms with Crippen molar-refractivity contribution in [2.45, 2.75) is 44.0 Å². The number of hydrogen-bond acceptors (Lipinski definition) is 5. The third-order valence-corrected chi connectivity index (χ3v) is 5.56. The van der Waals surface area contributed by atoms with Crippen LogP contribution in [-0.4, -0.2) is 32.6 Å². The molecule has 0 spiro atoms. The molecule has 3 aromatic rings. The van der Waals surface area contributed by atoms with Crippen molar-refractivity contribution in [1.29, 1.82) is 0 Å². The van der Waals surface area contributed by atoms with Gasteiger partial charge in [0.15, 0.2) is 11.0 Å². The lowest BCUT2D eigenvalue weighted by Gasteiger charge is -2.15. The highest BCUT2D eigenvalue weighted by Gasteiger charge is 2.25. The van der Waals surface area contributed by atoms with Crippen molar-refractivity contribution < 1.29 is 13.9 Å². The second-order valence-corrected chi connectivity index (χ2v) is 7.80. The number of carbonyl (C=O) groups is 1. The molecule has 0 N–H and O–H groups in total. The van der Waals surface area contributed by atoms with Gasteiger partial charge in [-0.05, 0) is 56.7 Å². The van der Waals surface area contributed by atoms with E-state index in [0.717, 1.165) is 23.2 Å². The lowest BCUT2D eigenvalue weighted by atomic mass is 10.2. The van der Waals surface area contributed by atoms with Crippen LogP contribution in [0.4, 0.5) is 4.39 Å². The van der Waals surface area contributed by atoms with Crippen LogP contribution >= 0.6 is 11.8 Å². The third kappa shape index (κ3) is 5.03. The molecule has 3 rings (SSSR count). The number of benzene rings is 2. The molecule has 0 saturated carbocycles. The molecule has 152 valence electrons. The van der Waals surface area contributed by atoms with Gasteiger partial charge in [-0.1, -0.05) is 42.8 Å². The first-order valence-corrected chi connectivity index (χ1v) is 10.5. The van der Waals surface area contributed by atoms with Gasteiger partial charge >= 0.3 is 5.97 Å². The minimum absolute atomic E-state index is 0.249. The van der Waals surface area contributed by atoms with E-state index in [4.69, 9.17) is 4.74 Å². The van der Waals surface area contributed by atoms with Crippen molar-refractivity contribution in [2.24, 2.45) is 0 Å². The molecule has 1 unspecified atom stereocenters. The summed E-state index contributed by atoms with van der Waals surface area (Å²) < 4.78 is 20.5. The maximum absolute atomic E-state index is 13.4. The molecule has 0 amide bonds. The fourth-order valence-corrected chi connectivity index (χ4v) is 4.07. The average Bonchev–Trinajstić information content (AvgIpc) is 3.12. The number of aromatic nitrogens is 3. The topological polar surface area (TPSA) is 57.0 Å².